The van der Waals surface area contributed by atoms with Crippen LogP contribution in [0.15, 0.2) is 91.0 Å². The standard InChI is InChI=1S/C28H27N/c1-20-18-21(2)28(22(3)19-20)27(17-16-23-10-5-4-6-11-23)29-26-15-9-13-24-12-7-8-14-25(24)26/h4-19,27,29H,1-3H3. The van der Waals surface area contributed by atoms with E-state index in [0.717, 1.165) is 5.69 Å². The van der Waals surface area contributed by atoms with E-state index in [1.807, 2.05) is 0 Å². The molecule has 0 fully saturated rings. The predicted molar refractivity (Wildman–Crippen MR) is 126 cm³/mol. The van der Waals surface area contributed by atoms with Crippen molar-refractivity contribution in [1.82, 2.24) is 0 Å². The van der Waals surface area contributed by atoms with Crippen LogP contribution in [0.3, 0.4) is 0 Å². The first-order chi connectivity index (χ1) is 14.1. The highest BCUT2D eigenvalue weighted by atomic mass is 14.9. The van der Waals surface area contributed by atoms with Crippen molar-refractivity contribution >= 4 is 22.5 Å². The van der Waals surface area contributed by atoms with E-state index < -0.39 is 0 Å². The van der Waals surface area contributed by atoms with Gasteiger partial charge in [0.05, 0.1) is 6.04 Å². The number of anilines is 1. The zero-order valence-corrected chi connectivity index (χ0v) is 17.3. The van der Waals surface area contributed by atoms with Crippen molar-refractivity contribution in [2.24, 2.45) is 0 Å². The molecule has 1 nitrogen and oxygen atoms in total. The van der Waals surface area contributed by atoms with Gasteiger partial charge in [0.25, 0.3) is 0 Å². The van der Waals surface area contributed by atoms with Gasteiger partial charge in [-0.25, -0.2) is 0 Å². The first-order valence-corrected chi connectivity index (χ1v) is 10.2. The summed E-state index contributed by atoms with van der Waals surface area (Å²) in [6.07, 6.45) is 4.49. The summed E-state index contributed by atoms with van der Waals surface area (Å²) in [7, 11) is 0. The summed E-state index contributed by atoms with van der Waals surface area (Å²) in [5, 5.41) is 6.32. The molecule has 0 aromatic heterocycles. The smallest absolute Gasteiger partial charge is 0.0706 e. The second-order valence-electron chi connectivity index (χ2n) is 7.73. The summed E-state index contributed by atoms with van der Waals surface area (Å²) in [6.45, 7) is 6.59. The molecule has 0 aliphatic heterocycles. The van der Waals surface area contributed by atoms with Gasteiger partial charge in [-0.2, -0.15) is 0 Å². The van der Waals surface area contributed by atoms with E-state index in [-0.39, 0.29) is 6.04 Å². The number of benzene rings is 4. The highest BCUT2D eigenvalue weighted by Crippen LogP contribution is 2.31. The maximum atomic E-state index is 3.82. The minimum atomic E-state index is 0.0848. The van der Waals surface area contributed by atoms with E-state index in [1.165, 1.54) is 38.6 Å². The van der Waals surface area contributed by atoms with Crippen LogP contribution in [0.5, 0.6) is 0 Å². The van der Waals surface area contributed by atoms with Crippen LogP contribution in [0.25, 0.3) is 16.8 Å². The van der Waals surface area contributed by atoms with E-state index in [2.05, 4.69) is 123 Å². The third kappa shape index (κ3) is 4.25. The molecule has 0 saturated carbocycles. The Bertz CT molecular complexity index is 1130. The third-order valence-electron chi connectivity index (χ3n) is 5.43. The average molecular weight is 378 g/mol. The monoisotopic (exact) mass is 377 g/mol. The van der Waals surface area contributed by atoms with Crippen LogP contribution < -0.4 is 5.32 Å². The van der Waals surface area contributed by atoms with Gasteiger partial charge in [-0.3, -0.25) is 0 Å². The lowest BCUT2D eigenvalue weighted by atomic mass is 9.93. The van der Waals surface area contributed by atoms with Crippen LogP contribution in [-0.4, -0.2) is 0 Å². The lowest BCUT2D eigenvalue weighted by molar-refractivity contribution is 0.956. The minimum Gasteiger partial charge on any atom is -0.374 e. The average Bonchev–Trinajstić information content (AvgIpc) is 2.72. The lowest BCUT2D eigenvalue weighted by Gasteiger charge is -2.23. The van der Waals surface area contributed by atoms with Crippen molar-refractivity contribution in [3.05, 3.63) is 119 Å². The van der Waals surface area contributed by atoms with E-state index >= 15 is 0 Å². The van der Waals surface area contributed by atoms with Crippen molar-refractivity contribution in [3.63, 3.8) is 0 Å². The van der Waals surface area contributed by atoms with Crippen LogP contribution in [-0.2, 0) is 0 Å². The van der Waals surface area contributed by atoms with Gasteiger partial charge >= 0.3 is 0 Å². The molecule has 4 aromatic carbocycles. The van der Waals surface area contributed by atoms with Crippen LogP contribution in [0.2, 0.25) is 0 Å². The molecule has 1 atom stereocenters. The number of hydrogen-bond donors (Lipinski definition) is 1. The van der Waals surface area contributed by atoms with Gasteiger partial charge in [0, 0.05) is 11.1 Å². The largest absolute Gasteiger partial charge is 0.374 e. The molecule has 0 bridgehead atoms. The molecule has 144 valence electrons. The second kappa shape index (κ2) is 8.36. The molecular formula is C28H27N. The fraction of sp³-hybridized carbons (Fsp3) is 0.143. The third-order valence-corrected chi connectivity index (χ3v) is 5.43. The molecule has 0 heterocycles. The lowest BCUT2D eigenvalue weighted by Crippen LogP contribution is -2.12. The van der Waals surface area contributed by atoms with Crippen LogP contribution in [0.4, 0.5) is 5.69 Å². The predicted octanol–water partition coefficient (Wildman–Crippen LogP) is 7.63. The molecule has 29 heavy (non-hydrogen) atoms. The molecule has 0 aliphatic carbocycles. The Balaban J connectivity index is 1.79. The van der Waals surface area contributed by atoms with Gasteiger partial charge in [0.1, 0.15) is 0 Å². The molecule has 1 heteroatoms. The molecule has 0 saturated heterocycles. The van der Waals surface area contributed by atoms with Crippen LogP contribution in [0.1, 0.15) is 33.9 Å². The van der Waals surface area contributed by atoms with E-state index in [9.17, 15) is 0 Å². The zero-order valence-electron chi connectivity index (χ0n) is 17.3. The topological polar surface area (TPSA) is 12.0 Å². The maximum absolute atomic E-state index is 3.82. The van der Waals surface area contributed by atoms with E-state index in [1.54, 1.807) is 0 Å². The van der Waals surface area contributed by atoms with Crippen LogP contribution in [0, 0.1) is 20.8 Å². The number of fused-ring (bicyclic) bond motifs is 1. The fourth-order valence-corrected chi connectivity index (χ4v) is 4.19. The Kier molecular flexibility index (Phi) is 5.48. The van der Waals surface area contributed by atoms with Gasteiger partial charge in [-0.15, -0.1) is 0 Å². The van der Waals surface area contributed by atoms with Crippen molar-refractivity contribution in [3.8, 4) is 0 Å². The number of rotatable bonds is 5. The molecule has 0 spiro atoms. The maximum Gasteiger partial charge on any atom is 0.0706 e. The second-order valence-corrected chi connectivity index (χ2v) is 7.73. The SMILES string of the molecule is Cc1cc(C)c(C(C=Cc2ccccc2)Nc2cccc3ccccc23)c(C)c1. The number of hydrogen-bond acceptors (Lipinski definition) is 1. The zero-order chi connectivity index (χ0) is 20.2. The normalized spacial score (nSPS) is 12.4. The fourth-order valence-electron chi connectivity index (χ4n) is 4.19. The molecule has 1 N–H and O–H groups in total. The van der Waals surface area contributed by atoms with Gasteiger partial charge in [-0.1, -0.05) is 96.6 Å². The minimum absolute atomic E-state index is 0.0848. The Morgan fingerprint density at radius 3 is 2.14 bits per heavy atom. The summed E-state index contributed by atoms with van der Waals surface area (Å²) in [4.78, 5) is 0. The highest BCUT2D eigenvalue weighted by molar-refractivity contribution is 5.94. The first-order valence-electron chi connectivity index (χ1n) is 10.2. The molecule has 0 amide bonds. The number of aryl methyl sites for hydroxylation is 3. The van der Waals surface area contributed by atoms with Gasteiger partial charge in [-0.05, 0) is 54.5 Å². The van der Waals surface area contributed by atoms with Crippen molar-refractivity contribution in [2.75, 3.05) is 5.32 Å². The molecule has 4 aromatic rings. The van der Waals surface area contributed by atoms with Gasteiger partial charge in [0.15, 0.2) is 0 Å². The summed E-state index contributed by atoms with van der Waals surface area (Å²) in [5.74, 6) is 0. The number of nitrogens with one attached hydrogen (secondary N) is 1. The molecular weight excluding hydrogens is 350 g/mol. The summed E-state index contributed by atoms with van der Waals surface area (Å²) in [5.41, 5.74) is 7.65. The Labute approximate surface area is 173 Å². The van der Waals surface area contributed by atoms with E-state index in [0.29, 0.717) is 0 Å². The molecule has 0 radical (unpaired) electrons. The quantitative estimate of drug-likeness (QED) is 0.377. The highest BCUT2D eigenvalue weighted by Gasteiger charge is 2.15. The van der Waals surface area contributed by atoms with Crippen LogP contribution >= 0.6 is 0 Å². The van der Waals surface area contributed by atoms with Gasteiger partial charge < -0.3 is 5.32 Å². The van der Waals surface area contributed by atoms with Gasteiger partial charge in [0.2, 0.25) is 0 Å². The molecule has 0 aliphatic rings. The van der Waals surface area contributed by atoms with Crippen molar-refractivity contribution in [1.29, 1.82) is 0 Å². The summed E-state index contributed by atoms with van der Waals surface area (Å²) in [6, 6.07) is 30.1. The van der Waals surface area contributed by atoms with Crippen molar-refractivity contribution in [2.45, 2.75) is 26.8 Å². The molecule has 1 unspecified atom stereocenters. The van der Waals surface area contributed by atoms with Crippen molar-refractivity contribution < 1.29 is 0 Å². The Morgan fingerprint density at radius 2 is 1.38 bits per heavy atom. The summed E-state index contributed by atoms with van der Waals surface area (Å²) >= 11 is 0. The Morgan fingerprint density at radius 1 is 0.724 bits per heavy atom. The first kappa shape index (κ1) is 19.0. The summed E-state index contributed by atoms with van der Waals surface area (Å²) < 4.78 is 0. The Hall–Kier alpha value is -3.32. The van der Waals surface area contributed by atoms with E-state index in [4.69, 9.17) is 0 Å². The molecule has 4 rings (SSSR count).